The zero-order valence-electron chi connectivity index (χ0n) is 11.5. The van der Waals surface area contributed by atoms with Crippen molar-refractivity contribution in [2.45, 2.75) is 32.7 Å². The Morgan fingerprint density at radius 1 is 1.45 bits per heavy atom. The van der Waals surface area contributed by atoms with E-state index in [0.29, 0.717) is 0 Å². The van der Waals surface area contributed by atoms with Gasteiger partial charge in [0.25, 0.3) is 0 Å². The average molecular weight is 274 g/mol. The summed E-state index contributed by atoms with van der Waals surface area (Å²) in [7, 11) is 0. The van der Waals surface area contributed by atoms with Crippen molar-refractivity contribution < 1.29 is 15.0 Å². The number of aromatic nitrogens is 2. The fourth-order valence-electron chi connectivity index (χ4n) is 2.64. The molecule has 20 heavy (non-hydrogen) atoms. The molecule has 0 radical (unpaired) electrons. The van der Waals surface area contributed by atoms with E-state index >= 15 is 0 Å². The van der Waals surface area contributed by atoms with Gasteiger partial charge in [0.05, 0.1) is 23.2 Å². The predicted molar refractivity (Wildman–Crippen MR) is 74.8 cm³/mol. The molecule has 1 aliphatic carbocycles. The Bertz CT molecular complexity index is 671. The molecular weight excluding hydrogens is 256 g/mol. The molecule has 0 bridgehead atoms. The lowest BCUT2D eigenvalue weighted by Gasteiger charge is -2.15. The van der Waals surface area contributed by atoms with Crippen molar-refractivity contribution in [3.63, 3.8) is 0 Å². The fourth-order valence-corrected chi connectivity index (χ4v) is 2.64. The van der Waals surface area contributed by atoms with E-state index in [9.17, 15) is 9.90 Å². The monoisotopic (exact) mass is 274 g/mol. The molecule has 0 saturated heterocycles. The Hall–Kier alpha value is -1.88. The summed E-state index contributed by atoms with van der Waals surface area (Å²) in [6.07, 6.45) is 2.87. The second kappa shape index (κ2) is 4.59. The maximum absolute atomic E-state index is 11.0. The van der Waals surface area contributed by atoms with Gasteiger partial charge in [0, 0.05) is 18.4 Å². The largest absolute Gasteiger partial charge is 0.478 e. The highest BCUT2D eigenvalue weighted by atomic mass is 16.4. The van der Waals surface area contributed by atoms with E-state index in [1.165, 1.54) is 0 Å². The quantitative estimate of drug-likeness (QED) is 0.875. The molecule has 106 valence electrons. The van der Waals surface area contributed by atoms with Crippen LogP contribution < -0.4 is 0 Å². The van der Waals surface area contributed by atoms with E-state index < -0.39 is 5.97 Å². The summed E-state index contributed by atoms with van der Waals surface area (Å²) in [6, 6.07) is 5.05. The lowest BCUT2D eigenvalue weighted by atomic mass is 10.1. The Labute approximate surface area is 116 Å². The minimum Gasteiger partial charge on any atom is -0.478 e. The molecule has 1 aliphatic rings. The van der Waals surface area contributed by atoms with Crippen LogP contribution in [-0.4, -0.2) is 32.3 Å². The molecular formula is C15H18N2O3. The molecule has 0 amide bonds. The number of hydrogen-bond donors (Lipinski definition) is 2. The molecule has 3 rings (SSSR count). The van der Waals surface area contributed by atoms with Gasteiger partial charge in [0.1, 0.15) is 5.82 Å². The van der Waals surface area contributed by atoms with Crippen LogP contribution in [0.25, 0.3) is 11.0 Å². The van der Waals surface area contributed by atoms with Crippen LogP contribution in [0.4, 0.5) is 0 Å². The number of aliphatic hydroxyl groups is 1. The van der Waals surface area contributed by atoms with Crippen molar-refractivity contribution in [1.29, 1.82) is 0 Å². The minimum absolute atomic E-state index is 0.00300. The summed E-state index contributed by atoms with van der Waals surface area (Å²) in [4.78, 5) is 15.6. The third-order valence-corrected chi connectivity index (χ3v) is 4.18. The second-order valence-electron chi connectivity index (χ2n) is 5.63. The predicted octanol–water partition coefficient (Wildman–Crippen LogP) is 2.07. The van der Waals surface area contributed by atoms with Gasteiger partial charge in [-0.05, 0) is 31.0 Å². The van der Waals surface area contributed by atoms with E-state index in [-0.39, 0.29) is 17.6 Å². The summed E-state index contributed by atoms with van der Waals surface area (Å²) in [5, 5.41) is 18.5. The van der Waals surface area contributed by atoms with Crippen molar-refractivity contribution in [3.05, 3.63) is 29.6 Å². The highest BCUT2D eigenvalue weighted by molar-refractivity contribution is 5.92. The molecule has 0 unspecified atom stereocenters. The Morgan fingerprint density at radius 2 is 2.20 bits per heavy atom. The van der Waals surface area contributed by atoms with E-state index in [4.69, 9.17) is 5.11 Å². The van der Waals surface area contributed by atoms with Gasteiger partial charge in [-0.25, -0.2) is 9.78 Å². The fraction of sp³-hybridized carbons (Fsp3) is 0.467. The summed E-state index contributed by atoms with van der Waals surface area (Å²) >= 11 is 0. The maximum Gasteiger partial charge on any atom is 0.335 e. The van der Waals surface area contributed by atoms with Crippen LogP contribution in [-0.2, 0) is 13.0 Å². The topological polar surface area (TPSA) is 75.3 Å². The number of aryl methyl sites for hydroxylation is 1. The highest BCUT2D eigenvalue weighted by Gasteiger charge is 2.42. The number of aromatic carboxylic acids is 1. The van der Waals surface area contributed by atoms with Crippen LogP contribution in [0.5, 0.6) is 0 Å². The first-order chi connectivity index (χ1) is 9.58. The SMILES string of the molecule is CCc1nc2cc(C(=O)O)ccc2n1CC1(CO)CC1. The first kappa shape index (κ1) is 13.1. The normalized spacial score (nSPS) is 16.5. The molecule has 2 aromatic rings. The van der Waals surface area contributed by atoms with E-state index in [1.54, 1.807) is 12.1 Å². The molecule has 1 aromatic heterocycles. The van der Waals surface area contributed by atoms with E-state index in [2.05, 4.69) is 9.55 Å². The van der Waals surface area contributed by atoms with E-state index in [0.717, 1.165) is 42.7 Å². The number of imidazole rings is 1. The molecule has 1 aromatic carbocycles. The first-order valence-electron chi connectivity index (χ1n) is 6.92. The lowest BCUT2D eigenvalue weighted by molar-refractivity contribution is 0.0697. The van der Waals surface area contributed by atoms with Crippen LogP contribution in [0, 0.1) is 5.41 Å². The number of nitrogens with zero attached hydrogens (tertiary/aromatic N) is 2. The smallest absolute Gasteiger partial charge is 0.335 e. The number of aliphatic hydroxyl groups excluding tert-OH is 1. The molecule has 5 nitrogen and oxygen atoms in total. The Kier molecular flexibility index (Phi) is 3.01. The molecule has 0 spiro atoms. The molecule has 1 saturated carbocycles. The summed E-state index contributed by atoms with van der Waals surface area (Å²) in [6.45, 7) is 2.99. The zero-order chi connectivity index (χ0) is 14.3. The van der Waals surface area contributed by atoms with Crippen molar-refractivity contribution >= 4 is 17.0 Å². The van der Waals surface area contributed by atoms with Crippen LogP contribution >= 0.6 is 0 Å². The van der Waals surface area contributed by atoms with Gasteiger partial charge in [0.15, 0.2) is 0 Å². The van der Waals surface area contributed by atoms with Crippen LogP contribution in [0.2, 0.25) is 0 Å². The van der Waals surface area contributed by atoms with Crippen LogP contribution in [0.15, 0.2) is 18.2 Å². The zero-order valence-corrected chi connectivity index (χ0v) is 11.5. The average Bonchev–Trinajstić information content (AvgIpc) is 3.14. The van der Waals surface area contributed by atoms with Gasteiger partial charge in [-0.1, -0.05) is 6.92 Å². The van der Waals surface area contributed by atoms with Gasteiger partial charge < -0.3 is 14.8 Å². The summed E-state index contributed by atoms with van der Waals surface area (Å²) in [5.41, 5.74) is 1.93. The van der Waals surface area contributed by atoms with Gasteiger partial charge in [-0.2, -0.15) is 0 Å². The molecule has 2 N–H and O–H groups in total. The highest BCUT2D eigenvalue weighted by Crippen LogP contribution is 2.47. The number of rotatable bonds is 5. The Morgan fingerprint density at radius 3 is 2.75 bits per heavy atom. The van der Waals surface area contributed by atoms with Gasteiger partial charge in [-0.3, -0.25) is 0 Å². The van der Waals surface area contributed by atoms with Gasteiger partial charge in [-0.15, -0.1) is 0 Å². The summed E-state index contributed by atoms with van der Waals surface area (Å²) < 4.78 is 2.13. The number of fused-ring (bicyclic) bond motifs is 1. The second-order valence-corrected chi connectivity index (χ2v) is 5.63. The van der Waals surface area contributed by atoms with Crippen molar-refractivity contribution in [1.82, 2.24) is 9.55 Å². The standard InChI is InChI=1S/C15H18N2O3/c1-2-13-16-11-7-10(14(19)20)3-4-12(11)17(13)8-15(9-18)5-6-15/h3-4,7,18H,2,5-6,8-9H2,1H3,(H,19,20). The molecule has 5 heteroatoms. The number of carbonyl (C=O) groups is 1. The van der Waals surface area contributed by atoms with Gasteiger partial charge >= 0.3 is 5.97 Å². The lowest BCUT2D eigenvalue weighted by Crippen LogP contribution is -2.17. The molecule has 0 aliphatic heterocycles. The van der Waals surface area contributed by atoms with Crippen molar-refractivity contribution in [2.75, 3.05) is 6.61 Å². The van der Waals surface area contributed by atoms with Gasteiger partial charge in [0.2, 0.25) is 0 Å². The number of hydrogen-bond acceptors (Lipinski definition) is 3. The number of carboxylic acids is 1. The van der Waals surface area contributed by atoms with Crippen molar-refractivity contribution in [2.24, 2.45) is 5.41 Å². The van der Waals surface area contributed by atoms with Crippen molar-refractivity contribution in [3.8, 4) is 0 Å². The molecule has 0 atom stereocenters. The third kappa shape index (κ3) is 2.08. The molecule has 1 fully saturated rings. The molecule has 1 heterocycles. The third-order valence-electron chi connectivity index (χ3n) is 4.18. The first-order valence-corrected chi connectivity index (χ1v) is 6.92. The Balaban J connectivity index is 2.07. The number of carboxylic acid groups (broad SMARTS) is 1. The van der Waals surface area contributed by atoms with Crippen LogP contribution in [0.1, 0.15) is 35.9 Å². The number of benzene rings is 1. The van der Waals surface area contributed by atoms with E-state index in [1.807, 2.05) is 13.0 Å². The van der Waals surface area contributed by atoms with Crippen LogP contribution in [0.3, 0.4) is 0 Å². The maximum atomic E-state index is 11.0. The summed E-state index contributed by atoms with van der Waals surface area (Å²) in [5.74, 6) is 0.00998. The minimum atomic E-state index is -0.937.